The van der Waals surface area contributed by atoms with Gasteiger partial charge in [-0.25, -0.2) is 0 Å². The van der Waals surface area contributed by atoms with Crippen molar-refractivity contribution < 1.29 is 38.2 Å². The van der Waals surface area contributed by atoms with Crippen molar-refractivity contribution in [1.82, 2.24) is 0 Å². The average Bonchev–Trinajstić information content (AvgIpc) is 3.28. The highest BCUT2D eigenvalue weighted by Gasteiger charge is 2.25. The SMILES string of the molecule is CC/C=C/C/C=C/CCCCCCCCCCCCCCCCC(=O)OCC(COCCC(C(=O)[O-])[N+](C)(C)C)OC(=O)CCCCCCCCCCCCCCCCCCCCCCC. The number of allylic oxidation sites excluding steroid dienone is 4. The first-order valence-corrected chi connectivity index (χ1v) is 28.4. The lowest BCUT2D eigenvalue weighted by Gasteiger charge is -2.34. The van der Waals surface area contributed by atoms with E-state index < -0.39 is 18.1 Å². The van der Waals surface area contributed by atoms with Gasteiger partial charge in [0.1, 0.15) is 12.6 Å². The van der Waals surface area contributed by atoms with Gasteiger partial charge in [-0.15, -0.1) is 0 Å². The molecule has 388 valence electrons. The molecule has 0 aromatic rings. The van der Waals surface area contributed by atoms with Crippen LogP contribution in [-0.2, 0) is 28.6 Å². The molecule has 0 amide bonds. The van der Waals surface area contributed by atoms with E-state index in [0.29, 0.717) is 12.8 Å². The van der Waals surface area contributed by atoms with Crippen molar-refractivity contribution in [2.45, 2.75) is 289 Å². The van der Waals surface area contributed by atoms with Crippen molar-refractivity contribution in [1.29, 1.82) is 0 Å². The van der Waals surface area contributed by atoms with E-state index in [4.69, 9.17) is 14.2 Å². The molecule has 0 heterocycles. The molecule has 2 atom stereocenters. The van der Waals surface area contributed by atoms with Crippen molar-refractivity contribution in [3.8, 4) is 0 Å². The number of carbonyl (C=O) groups is 3. The summed E-state index contributed by atoms with van der Waals surface area (Å²) in [4.78, 5) is 37.1. The second kappa shape index (κ2) is 49.2. The number of likely N-dealkylation sites (N-methyl/N-ethyl adjacent to an activating group) is 1. The summed E-state index contributed by atoms with van der Waals surface area (Å²) >= 11 is 0. The molecule has 0 aromatic heterocycles. The summed E-state index contributed by atoms with van der Waals surface area (Å²) in [6.45, 7) is 4.62. The van der Waals surface area contributed by atoms with Gasteiger partial charge in [0.05, 0.1) is 40.3 Å². The molecule has 0 fully saturated rings. The number of nitrogens with zero attached hydrogens (tertiary/aromatic N) is 1. The van der Waals surface area contributed by atoms with Crippen molar-refractivity contribution >= 4 is 17.9 Å². The van der Waals surface area contributed by atoms with Crippen LogP contribution in [0.1, 0.15) is 277 Å². The number of esters is 2. The van der Waals surface area contributed by atoms with Crippen LogP contribution in [0.25, 0.3) is 0 Å². The molecule has 0 aliphatic heterocycles. The molecule has 0 radical (unpaired) electrons. The lowest BCUT2D eigenvalue weighted by molar-refractivity contribution is -0.889. The number of quaternary nitrogens is 1. The topological polar surface area (TPSA) is 102 Å². The van der Waals surface area contributed by atoms with Gasteiger partial charge in [0.2, 0.25) is 0 Å². The van der Waals surface area contributed by atoms with Gasteiger partial charge in [0.25, 0.3) is 0 Å². The highest BCUT2D eigenvalue weighted by molar-refractivity contribution is 5.70. The highest BCUT2D eigenvalue weighted by atomic mass is 16.6. The quantitative estimate of drug-likeness (QED) is 0.0259. The molecular formula is C58H109NO7. The number of carboxylic acid groups (broad SMARTS) is 1. The standard InChI is InChI=1S/C58H109NO7/c1-6-8-10-12-14-16-18-20-22-24-26-28-30-32-34-36-38-40-42-44-46-48-56(60)65-53-54(52-64-51-50-55(58(62)63)59(3,4)5)66-57(61)49-47-45-43-41-39-37-35-33-31-29-27-25-23-21-19-17-15-13-11-9-7-2/h8,10,14,16,54-55H,6-7,9,11-13,15,17-53H2,1-5H3/b10-8+,16-14+. The average molecular weight is 933 g/mol. The molecule has 2 unspecified atom stereocenters. The summed E-state index contributed by atoms with van der Waals surface area (Å²) in [5.41, 5.74) is 0. The summed E-state index contributed by atoms with van der Waals surface area (Å²) in [6.07, 6.45) is 57.9. The third-order valence-corrected chi connectivity index (χ3v) is 13.1. The van der Waals surface area contributed by atoms with E-state index in [2.05, 4.69) is 38.2 Å². The normalized spacial score (nSPS) is 12.9. The monoisotopic (exact) mass is 932 g/mol. The Morgan fingerprint density at radius 2 is 0.848 bits per heavy atom. The van der Waals surface area contributed by atoms with Gasteiger partial charge in [-0.2, -0.15) is 0 Å². The van der Waals surface area contributed by atoms with Crippen LogP contribution in [-0.4, -0.2) is 75.5 Å². The molecule has 0 saturated carbocycles. The van der Waals surface area contributed by atoms with E-state index in [9.17, 15) is 19.5 Å². The third-order valence-electron chi connectivity index (χ3n) is 13.1. The first kappa shape index (κ1) is 63.8. The second-order valence-electron chi connectivity index (χ2n) is 20.5. The first-order chi connectivity index (χ1) is 32.1. The Morgan fingerprint density at radius 1 is 0.470 bits per heavy atom. The summed E-state index contributed by atoms with van der Waals surface area (Å²) < 4.78 is 17.3. The van der Waals surface area contributed by atoms with Crippen LogP contribution >= 0.6 is 0 Å². The van der Waals surface area contributed by atoms with Crippen LogP contribution in [0.5, 0.6) is 0 Å². The molecular weight excluding hydrogens is 823 g/mol. The number of carboxylic acids is 1. The van der Waals surface area contributed by atoms with E-state index in [-0.39, 0.29) is 42.7 Å². The molecule has 0 aromatic carbocycles. The second-order valence-corrected chi connectivity index (χ2v) is 20.5. The predicted octanol–water partition coefficient (Wildman–Crippen LogP) is 15.4. The predicted molar refractivity (Wildman–Crippen MR) is 277 cm³/mol. The first-order valence-electron chi connectivity index (χ1n) is 28.4. The van der Waals surface area contributed by atoms with Crippen molar-refractivity contribution in [2.24, 2.45) is 0 Å². The zero-order valence-electron chi connectivity index (χ0n) is 44.4. The minimum Gasteiger partial charge on any atom is -0.544 e. The molecule has 8 heteroatoms. The fourth-order valence-electron chi connectivity index (χ4n) is 8.76. The smallest absolute Gasteiger partial charge is 0.306 e. The zero-order valence-corrected chi connectivity index (χ0v) is 44.4. The fourth-order valence-corrected chi connectivity index (χ4v) is 8.76. The van der Waals surface area contributed by atoms with Crippen LogP contribution in [0.15, 0.2) is 24.3 Å². The van der Waals surface area contributed by atoms with E-state index in [1.54, 1.807) is 0 Å². The van der Waals surface area contributed by atoms with Crippen LogP contribution in [0.3, 0.4) is 0 Å². The molecule has 0 aliphatic rings. The minimum atomic E-state index is -1.12. The Morgan fingerprint density at radius 3 is 1.24 bits per heavy atom. The van der Waals surface area contributed by atoms with Crippen LogP contribution in [0.4, 0.5) is 0 Å². The van der Waals surface area contributed by atoms with Gasteiger partial charge in [-0.1, -0.05) is 244 Å². The number of hydrogen-bond acceptors (Lipinski definition) is 7. The summed E-state index contributed by atoms with van der Waals surface area (Å²) in [5.74, 6) is -1.71. The molecule has 8 nitrogen and oxygen atoms in total. The Balaban J connectivity index is 4.13. The van der Waals surface area contributed by atoms with E-state index in [0.717, 1.165) is 51.4 Å². The molecule has 66 heavy (non-hydrogen) atoms. The summed E-state index contributed by atoms with van der Waals surface area (Å²) in [5, 5.41) is 11.7. The number of carbonyl (C=O) groups excluding carboxylic acids is 3. The largest absolute Gasteiger partial charge is 0.544 e. The number of ether oxygens (including phenoxy) is 3. The van der Waals surface area contributed by atoms with E-state index in [1.807, 2.05) is 21.1 Å². The maximum absolute atomic E-state index is 12.8. The number of rotatable bonds is 52. The van der Waals surface area contributed by atoms with Gasteiger partial charge in [-0.3, -0.25) is 9.59 Å². The molecule has 0 N–H and O–H groups in total. The van der Waals surface area contributed by atoms with Crippen molar-refractivity contribution in [3.63, 3.8) is 0 Å². The number of unbranched alkanes of at least 4 members (excludes halogenated alkanes) is 34. The van der Waals surface area contributed by atoms with Gasteiger partial charge in [0.15, 0.2) is 6.10 Å². The van der Waals surface area contributed by atoms with Gasteiger partial charge >= 0.3 is 11.9 Å². The maximum atomic E-state index is 12.8. The minimum absolute atomic E-state index is 0.0467. The van der Waals surface area contributed by atoms with Crippen LogP contribution in [0.2, 0.25) is 0 Å². The van der Waals surface area contributed by atoms with E-state index >= 15 is 0 Å². The summed E-state index contributed by atoms with van der Waals surface area (Å²) in [7, 11) is 5.43. The number of aliphatic carboxylic acids is 1. The fraction of sp³-hybridized carbons (Fsp3) is 0.879. The van der Waals surface area contributed by atoms with Crippen LogP contribution < -0.4 is 5.11 Å². The van der Waals surface area contributed by atoms with Crippen LogP contribution in [0, 0.1) is 0 Å². The maximum Gasteiger partial charge on any atom is 0.306 e. The molecule has 0 bridgehead atoms. The van der Waals surface area contributed by atoms with Gasteiger partial charge in [0, 0.05) is 19.3 Å². The highest BCUT2D eigenvalue weighted by Crippen LogP contribution is 2.17. The molecule has 0 spiro atoms. The molecule has 0 rings (SSSR count). The third kappa shape index (κ3) is 46.9. The Bertz CT molecular complexity index is 1130. The van der Waals surface area contributed by atoms with Crippen molar-refractivity contribution in [2.75, 3.05) is 41.0 Å². The molecule has 0 saturated heterocycles. The summed E-state index contributed by atoms with van der Waals surface area (Å²) in [6, 6.07) is -0.723. The lowest BCUT2D eigenvalue weighted by atomic mass is 10.0. The van der Waals surface area contributed by atoms with Gasteiger partial charge < -0.3 is 28.6 Å². The zero-order chi connectivity index (χ0) is 48.4. The molecule has 0 aliphatic carbocycles. The Kier molecular flexibility index (Phi) is 47.6. The lowest BCUT2D eigenvalue weighted by Crippen LogP contribution is -2.55. The number of hydrogen-bond donors (Lipinski definition) is 0. The van der Waals surface area contributed by atoms with E-state index in [1.165, 1.54) is 193 Å². The Labute approximate surface area is 409 Å². The van der Waals surface area contributed by atoms with Crippen molar-refractivity contribution in [3.05, 3.63) is 24.3 Å². The Hall–Kier alpha value is -2.19. The van der Waals surface area contributed by atoms with Gasteiger partial charge in [-0.05, 0) is 38.5 Å².